The van der Waals surface area contributed by atoms with Gasteiger partial charge in [-0.2, -0.15) is 5.26 Å². The van der Waals surface area contributed by atoms with Crippen molar-refractivity contribution in [2.45, 2.75) is 11.8 Å². The quantitative estimate of drug-likeness (QED) is 0.851. The molecular weight excluding hydrogens is 293 g/mol. The van der Waals surface area contributed by atoms with Crippen LogP contribution in [0.1, 0.15) is 11.1 Å². The molecule has 0 fully saturated rings. The molecule has 0 amide bonds. The molecule has 0 aliphatic carbocycles. The van der Waals surface area contributed by atoms with Gasteiger partial charge in [0.05, 0.1) is 11.4 Å². The van der Waals surface area contributed by atoms with Crippen molar-refractivity contribution < 1.29 is 12.8 Å². The van der Waals surface area contributed by atoms with Gasteiger partial charge in [-0.15, -0.1) is 0 Å². The molecule has 0 saturated heterocycles. The average molecular weight is 305 g/mol. The SMILES string of the molecule is Cc1ccc(S(=O)(=O)Nc2cccc(F)c2C#N)c(N)c1. The normalized spacial score (nSPS) is 10.9. The van der Waals surface area contributed by atoms with Crippen molar-refractivity contribution in [1.82, 2.24) is 0 Å². The second-order valence-electron chi connectivity index (χ2n) is 4.42. The lowest BCUT2D eigenvalue weighted by atomic mass is 10.2. The lowest BCUT2D eigenvalue weighted by molar-refractivity contribution is 0.601. The zero-order valence-corrected chi connectivity index (χ0v) is 11.9. The smallest absolute Gasteiger partial charge is 0.263 e. The van der Waals surface area contributed by atoms with Gasteiger partial charge in [-0.3, -0.25) is 4.72 Å². The summed E-state index contributed by atoms with van der Waals surface area (Å²) in [6.45, 7) is 1.78. The van der Waals surface area contributed by atoms with Crippen LogP contribution in [0.15, 0.2) is 41.3 Å². The van der Waals surface area contributed by atoms with Crippen LogP contribution in [-0.2, 0) is 10.0 Å². The first-order chi connectivity index (χ1) is 9.85. The summed E-state index contributed by atoms with van der Waals surface area (Å²) in [4.78, 5) is -0.124. The topological polar surface area (TPSA) is 96.0 Å². The first kappa shape index (κ1) is 14.8. The van der Waals surface area contributed by atoms with Crippen molar-refractivity contribution in [2.75, 3.05) is 10.5 Å². The van der Waals surface area contributed by atoms with Gasteiger partial charge in [0, 0.05) is 0 Å². The Hall–Kier alpha value is -2.59. The summed E-state index contributed by atoms with van der Waals surface area (Å²) >= 11 is 0. The number of sulfonamides is 1. The number of nitrogens with one attached hydrogen (secondary N) is 1. The van der Waals surface area contributed by atoms with Gasteiger partial charge in [0.25, 0.3) is 10.0 Å². The van der Waals surface area contributed by atoms with Gasteiger partial charge in [-0.1, -0.05) is 12.1 Å². The molecule has 0 unspecified atom stereocenters. The average Bonchev–Trinajstić information content (AvgIpc) is 2.38. The summed E-state index contributed by atoms with van der Waals surface area (Å²) < 4.78 is 40.2. The molecule has 7 heteroatoms. The molecule has 0 aliphatic rings. The fourth-order valence-corrected chi connectivity index (χ4v) is 3.02. The number of anilines is 2. The lowest BCUT2D eigenvalue weighted by Crippen LogP contribution is -2.16. The molecule has 0 saturated carbocycles. The first-order valence-corrected chi connectivity index (χ1v) is 7.41. The maximum atomic E-state index is 13.5. The molecule has 5 nitrogen and oxygen atoms in total. The molecule has 2 aromatic rings. The van der Waals surface area contributed by atoms with Crippen molar-refractivity contribution in [3.05, 3.63) is 53.3 Å². The molecule has 108 valence electrons. The van der Waals surface area contributed by atoms with Gasteiger partial charge in [-0.25, -0.2) is 12.8 Å². The standard InChI is InChI=1S/C14H12FN3O2S/c1-9-5-6-14(12(17)7-9)21(19,20)18-13-4-2-3-11(15)10(13)8-16/h2-7,18H,17H2,1H3. The molecule has 0 radical (unpaired) electrons. The number of nitrogens with two attached hydrogens (primary N) is 1. The minimum Gasteiger partial charge on any atom is -0.398 e. The first-order valence-electron chi connectivity index (χ1n) is 5.92. The molecule has 0 bridgehead atoms. The van der Waals surface area contributed by atoms with Crippen LogP contribution in [0.3, 0.4) is 0 Å². The number of hydrogen-bond donors (Lipinski definition) is 2. The number of halogens is 1. The molecular formula is C14H12FN3O2S. The van der Waals surface area contributed by atoms with E-state index in [1.54, 1.807) is 19.1 Å². The molecule has 0 spiro atoms. The second kappa shape index (κ2) is 5.42. The van der Waals surface area contributed by atoms with Crippen LogP contribution in [0.2, 0.25) is 0 Å². The Bertz CT molecular complexity index is 842. The molecule has 2 aromatic carbocycles. The number of rotatable bonds is 3. The van der Waals surface area contributed by atoms with Gasteiger partial charge in [0.15, 0.2) is 0 Å². The van der Waals surface area contributed by atoms with E-state index in [-0.39, 0.29) is 21.8 Å². The van der Waals surface area contributed by atoms with Crippen molar-refractivity contribution in [3.63, 3.8) is 0 Å². The van der Waals surface area contributed by atoms with E-state index in [4.69, 9.17) is 11.0 Å². The Labute approximate surface area is 121 Å². The van der Waals surface area contributed by atoms with Gasteiger partial charge >= 0.3 is 0 Å². The van der Waals surface area contributed by atoms with Crippen LogP contribution in [0.4, 0.5) is 15.8 Å². The summed E-state index contributed by atoms with van der Waals surface area (Å²) in [5.74, 6) is -0.797. The fourth-order valence-electron chi connectivity index (χ4n) is 1.84. The molecule has 0 aromatic heterocycles. The molecule has 0 heterocycles. The van der Waals surface area contributed by atoms with Gasteiger partial charge in [-0.05, 0) is 36.8 Å². The van der Waals surface area contributed by atoms with E-state index in [9.17, 15) is 12.8 Å². The van der Waals surface area contributed by atoms with Gasteiger partial charge in [0.2, 0.25) is 0 Å². The monoisotopic (exact) mass is 305 g/mol. The van der Waals surface area contributed by atoms with Crippen LogP contribution in [0, 0.1) is 24.1 Å². The highest BCUT2D eigenvalue weighted by Gasteiger charge is 2.20. The van der Waals surface area contributed by atoms with E-state index >= 15 is 0 Å². The summed E-state index contributed by atoms with van der Waals surface area (Å²) in [6, 6.07) is 9.81. The highest BCUT2D eigenvalue weighted by molar-refractivity contribution is 7.92. The third-order valence-electron chi connectivity index (χ3n) is 2.82. The third kappa shape index (κ3) is 2.95. The minimum absolute atomic E-state index is 0.0809. The highest BCUT2D eigenvalue weighted by Crippen LogP contribution is 2.25. The predicted molar refractivity (Wildman–Crippen MR) is 77.5 cm³/mol. The fraction of sp³-hybridized carbons (Fsp3) is 0.0714. The maximum absolute atomic E-state index is 13.5. The summed E-state index contributed by atoms with van der Waals surface area (Å²) in [6.07, 6.45) is 0. The van der Waals surface area contributed by atoms with Gasteiger partial charge in [0.1, 0.15) is 22.3 Å². The third-order valence-corrected chi connectivity index (χ3v) is 4.26. The Kier molecular flexibility index (Phi) is 3.82. The molecule has 2 rings (SSSR count). The second-order valence-corrected chi connectivity index (χ2v) is 6.07. The van der Waals surface area contributed by atoms with Crippen molar-refractivity contribution in [1.29, 1.82) is 5.26 Å². The van der Waals surface area contributed by atoms with Crippen LogP contribution in [0.5, 0.6) is 0 Å². The highest BCUT2D eigenvalue weighted by atomic mass is 32.2. The number of benzene rings is 2. The van der Waals surface area contributed by atoms with Crippen LogP contribution >= 0.6 is 0 Å². The number of nitrogen functional groups attached to an aromatic ring is 1. The van der Waals surface area contributed by atoms with E-state index in [0.29, 0.717) is 0 Å². The minimum atomic E-state index is -4.00. The van der Waals surface area contributed by atoms with E-state index in [2.05, 4.69) is 4.72 Å². The number of hydrogen-bond acceptors (Lipinski definition) is 4. The predicted octanol–water partition coefficient (Wildman–Crippen LogP) is 2.39. The summed E-state index contributed by atoms with van der Waals surface area (Å²) in [5, 5.41) is 8.91. The van der Waals surface area contributed by atoms with Crippen molar-refractivity contribution in [3.8, 4) is 6.07 Å². The number of aryl methyl sites for hydroxylation is 1. The lowest BCUT2D eigenvalue weighted by Gasteiger charge is -2.12. The summed E-state index contributed by atoms with van der Waals surface area (Å²) in [5.41, 5.74) is 6.10. The molecule has 0 atom stereocenters. The zero-order valence-electron chi connectivity index (χ0n) is 11.1. The Morgan fingerprint density at radius 3 is 2.62 bits per heavy atom. The molecule has 21 heavy (non-hydrogen) atoms. The molecule has 3 N–H and O–H groups in total. The van der Waals surface area contributed by atoms with E-state index in [1.807, 2.05) is 0 Å². The maximum Gasteiger partial charge on any atom is 0.263 e. The van der Waals surface area contributed by atoms with E-state index in [0.717, 1.165) is 11.6 Å². The Morgan fingerprint density at radius 1 is 1.29 bits per heavy atom. The number of nitriles is 1. The van der Waals surface area contributed by atoms with E-state index < -0.39 is 15.8 Å². The van der Waals surface area contributed by atoms with Crippen molar-refractivity contribution >= 4 is 21.4 Å². The van der Waals surface area contributed by atoms with E-state index in [1.165, 1.54) is 24.3 Å². The van der Waals surface area contributed by atoms with Crippen LogP contribution in [-0.4, -0.2) is 8.42 Å². The zero-order chi connectivity index (χ0) is 15.6. The summed E-state index contributed by atoms with van der Waals surface area (Å²) in [7, 11) is -4.00. The Morgan fingerprint density at radius 2 is 2.00 bits per heavy atom. The van der Waals surface area contributed by atoms with Gasteiger partial charge < -0.3 is 5.73 Å². The van der Waals surface area contributed by atoms with Crippen LogP contribution in [0.25, 0.3) is 0 Å². The largest absolute Gasteiger partial charge is 0.398 e. The molecule has 0 aliphatic heterocycles. The van der Waals surface area contributed by atoms with Crippen LogP contribution < -0.4 is 10.5 Å². The number of nitrogens with zero attached hydrogens (tertiary/aromatic N) is 1. The Balaban J connectivity index is 2.48. The van der Waals surface area contributed by atoms with Crippen molar-refractivity contribution in [2.24, 2.45) is 0 Å².